The average molecular weight is 301 g/mol. The van der Waals surface area contributed by atoms with E-state index in [1.54, 1.807) is 11.3 Å². The fraction of sp³-hybridized carbons (Fsp3) is 0.471. The van der Waals surface area contributed by atoms with E-state index in [4.69, 9.17) is 4.98 Å². The molecule has 1 fully saturated rings. The van der Waals surface area contributed by atoms with Crippen molar-refractivity contribution >= 4 is 17.2 Å². The number of nitrogens with zero attached hydrogens (tertiary/aromatic N) is 2. The maximum atomic E-state index is 4.88. The number of pyridine rings is 1. The molecule has 0 radical (unpaired) electrons. The number of nitrogens with one attached hydrogen (secondary N) is 1. The van der Waals surface area contributed by atoms with E-state index in [9.17, 15) is 0 Å². The minimum absolute atomic E-state index is 0.661. The Morgan fingerprint density at radius 1 is 1.38 bits per heavy atom. The summed E-state index contributed by atoms with van der Waals surface area (Å²) in [5, 5.41) is 7.70. The van der Waals surface area contributed by atoms with Gasteiger partial charge in [0.05, 0.1) is 0 Å². The molecule has 3 nitrogen and oxygen atoms in total. The Bertz CT molecular complexity index is 603. The molecule has 0 aromatic carbocycles. The number of hydrogen-bond acceptors (Lipinski definition) is 4. The first kappa shape index (κ1) is 14.5. The van der Waals surface area contributed by atoms with Gasteiger partial charge in [-0.3, -0.25) is 0 Å². The standard InChI is InChI=1S/C17H23N3S/c1-12-8-13(2)19-17(16(12)9-18-3)20(15-4-5-15)10-14-6-7-21-11-14/h6-8,11,15,18H,4-5,9-10H2,1-3H3. The molecule has 112 valence electrons. The first-order chi connectivity index (χ1) is 10.2. The monoisotopic (exact) mass is 301 g/mol. The van der Waals surface area contributed by atoms with Gasteiger partial charge in [0, 0.05) is 30.4 Å². The molecule has 3 rings (SSSR count). The highest BCUT2D eigenvalue weighted by molar-refractivity contribution is 7.07. The van der Waals surface area contributed by atoms with E-state index in [0.29, 0.717) is 6.04 Å². The van der Waals surface area contributed by atoms with Gasteiger partial charge in [-0.05, 0) is 67.8 Å². The van der Waals surface area contributed by atoms with Crippen molar-refractivity contribution in [3.63, 3.8) is 0 Å². The molecule has 2 heterocycles. The number of rotatable bonds is 6. The predicted octanol–water partition coefficient (Wildman–Crippen LogP) is 3.65. The zero-order valence-corrected chi connectivity index (χ0v) is 13.8. The van der Waals surface area contributed by atoms with Crippen LogP contribution in [-0.2, 0) is 13.1 Å². The summed E-state index contributed by atoms with van der Waals surface area (Å²) in [6.07, 6.45) is 2.58. The molecule has 1 aliphatic carbocycles. The van der Waals surface area contributed by atoms with Crippen molar-refractivity contribution in [3.05, 3.63) is 45.3 Å². The average Bonchev–Trinajstić information content (AvgIpc) is 3.16. The molecule has 1 N–H and O–H groups in total. The Morgan fingerprint density at radius 2 is 2.19 bits per heavy atom. The summed E-state index contributed by atoms with van der Waals surface area (Å²) < 4.78 is 0. The summed E-state index contributed by atoms with van der Waals surface area (Å²) in [5.74, 6) is 1.18. The summed E-state index contributed by atoms with van der Waals surface area (Å²) in [6.45, 7) is 6.14. The van der Waals surface area contributed by atoms with Crippen LogP contribution in [-0.4, -0.2) is 18.1 Å². The van der Waals surface area contributed by atoms with Crippen LogP contribution in [0, 0.1) is 13.8 Å². The fourth-order valence-corrected chi connectivity index (χ4v) is 3.48. The van der Waals surface area contributed by atoms with Crippen LogP contribution in [0.3, 0.4) is 0 Å². The minimum Gasteiger partial charge on any atom is -0.349 e. The van der Waals surface area contributed by atoms with E-state index in [2.05, 4.69) is 47.0 Å². The predicted molar refractivity (Wildman–Crippen MR) is 90.0 cm³/mol. The van der Waals surface area contributed by atoms with Crippen LogP contribution in [0.15, 0.2) is 22.9 Å². The van der Waals surface area contributed by atoms with E-state index in [0.717, 1.165) is 18.8 Å². The Labute approximate surface area is 131 Å². The molecule has 0 amide bonds. The second-order valence-corrected chi connectivity index (χ2v) is 6.68. The molecular formula is C17H23N3S. The molecule has 1 saturated carbocycles. The van der Waals surface area contributed by atoms with Crippen LogP contribution in [0.25, 0.3) is 0 Å². The molecule has 0 spiro atoms. The lowest BCUT2D eigenvalue weighted by molar-refractivity contribution is 0.743. The maximum absolute atomic E-state index is 4.88. The van der Waals surface area contributed by atoms with Gasteiger partial charge in [-0.1, -0.05) is 0 Å². The molecule has 4 heteroatoms. The highest BCUT2D eigenvalue weighted by atomic mass is 32.1. The second-order valence-electron chi connectivity index (χ2n) is 5.90. The van der Waals surface area contributed by atoms with Crippen LogP contribution < -0.4 is 10.2 Å². The molecule has 1 aliphatic rings. The third-order valence-electron chi connectivity index (χ3n) is 4.00. The normalized spacial score (nSPS) is 14.4. The molecule has 0 atom stereocenters. The van der Waals surface area contributed by atoms with Gasteiger partial charge in [-0.15, -0.1) is 0 Å². The van der Waals surface area contributed by atoms with E-state index in [1.807, 2.05) is 7.05 Å². The van der Waals surface area contributed by atoms with Gasteiger partial charge in [-0.2, -0.15) is 11.3 Å². The summed E-state index contributed by atoms with van der Waals surface area (Å²) in [4.78, 5) is 7.39. The summed E-state index contributed by atoms with van der Waals surface area (Å²) in [5.41, 5.74) is 5.18. The van der Waals surface area contributed by atoms with Gasteiger partial charge < -0.3 is 10.2 Å². The number of anilines is 1. The Hall–Kier alpha value is -1.39. The number of hydrogen-bond donors (Lipinski definition) is 1. The van der Waals surface area contributed by atoms with Crippen molar-refractivity contribution in [2.24, 2.45) is 0 Å². The van der Waals surface area contributed by atoms with Gasteiger partial charge in [-0.25, -0.2) is 4.98 Å². The zero-order valence-electron chi connectivity index (χ0n) is 13.0. The molecular weight excluding hydrogens is 278 g/mol. The van der Waals surface area contributed by atoms with E-state index < -0.39 is 0 Å². The summed E-state index contributed by atoms with van der Waals surface area (Å²) in [6, 6.07) is 5.07. The van der Waals surface area contributed by atoms with Gasteiger partial charge in [0.1, 0.15) is 5.82 Å². The van der Waals surface area contributed by atoms with Gasteiger partial charge >= 0.3 is 0 Å². The third kappa shape index (κ3) is 3.27. The largest absolute Gasteiger partial charge is 0.349 e. The summed E-state index contributed by atoms with van der Waals surface area (Å²) in [7, 11) is 2.00. The topological polar surface area (TPSA) is 28.2 Å². The molecule has 2 aromatic rings. The van der Waals surface area contributed by atoms with Gasteiger partial charge in [0.2, 0.25) is 0 Å². The smallest absolute Gasteiger partial charge is 0.134 e. The molecule has 0 bridgehead atoms. The number of aromatic nitrogens is 1. The minimum atomic E-state index is 0.661. The van der Waals surface area contributed by atoms with Crippen LogP contribution in [0.5, 0.6) is 0 Å². The lowest BCUT2D eigenvalue weighted by Gasteiger charge is -2.27. The highest BCUT2D eigenvalue weighted by Crippen LogP contribution is 2.35. The number of aryl methyl sites for hydroxylation is 2. The van der Waals surface area contributed by atoms with E-state index in [-0.39, 0.29) is 0 Å². The van der Waals surface area contributed by atoms with Crippen molar-refractivity contribution in [3.8, 4) is 0 Å². The molecule has 0 aliphatic heterocycles. The first-order valence-corrected chi connectivity index (χ1v) is 8.52. The maximum Gasteiger partial charge on any atom is 0.134 e. The third-order valence-corrected chi connectivity index (χ3v) is 4.73. The van der Waals surface area contributed by atoms with Crippen molar-refractivity contribution in [2.45, 2.75) is 45.8 Å². The van der Waals surface area contributed by atoms with Gasteiger partial charge in [0.15, 0.2) is 0 Å². The Balaban J connectivity index is 1.98. The van der Waals surface area contributed by atoms with Crippen LogP contribution in [0.2, 0.25) is 0 Å². The van der Waals surface area contributed by atoms with Gasteiger partial charge in [0.25, 0.3) is 0 Å². The first-order valence-electron chi connectivity index (χ1n) is 7.58. The highest BCUT2D eigenvalue weighted by Gasteiger charge is 2.31. The lowest BCUT2D eigenvalue weighted by atomic mass is 10.1. The molecule has 0 saturated heterocycles. The second kappa shape index (κ2) is 6.16. The molecule has 0 unspecified atom stereocenters. The SMILES string of the molecule is CNCc1c(C)cc(C)nc1N(Cc1ccsc1)C1CC1. The van der Waals surface area contributed by atoms with Crippen LogP contribution in [0.1, 0.15) is 35.2 Å². The van der Waals surface area contributed by atoms with Crippen molar-refractivity contribution in [2.75, 3.05) is 11.9 Å². The fourth-order valence-electron chi connectivity index (χ4n) is 2.82. The lowest BCUT2D eigenvalue weighted by Crippen LogP contribution is -2.28. The Kier molecular flexibility index (Phi) is 4.27. The quantitative estimate of drug-likeness (QED) is 0.883. The molecule has 21 heavy (non-hydrogen) atoms. The van der Waals surface area contributed by atoms with Crippen molar-refractivity contribution in [1.82, 2.24) is 10.3 Å². The molecule has 2 aromatic heterocycles. The Morgan fingerprint density at radius 3 is 2.81 bits per heavy atom. The van der Waals surface area contributed by atoms with Crippen LogP contribution >= 0.6 is 11.3 Å². The van der Waals surface area contributed by atoms with Crippen LogP contribution in [0.4, 0.5) is 5.82 Å². The van der Waals surface area contributed by atoms with Crippen molar-refractivity contribution in [1.29, 1.82) is 0 Å². The summed E-state index contributed by atoms with van der Waals surface area (Å²) >= 11 is 1.77. The number of thiophene rings is 1. The van der Waals surface area contributed by atoms with Crippen molar-refractivity contribution < 1.29 is 0 Å². The van der Waals surface area contributed by atoms with E-state index in [1.165, 1.54) is 35.3 Å². The zero-order chi connectivity index (χ0) is 14.8. The van der Waals surface area contributed by atoms with E-state index >= 15 is 0 Å².